The SMILES string of the molecule is CCC1(CC)CNC(C)CN1CCOCCOCCOC. The maximum atomic E-state index is 5.71. The largest absolute Gasteiger partial charge is 0.382 e. The number of hydrogen-bond donors (Lipinski definition) is 1. The molecule has 1 saturated heterocycles. The third kappa shape index (κ3) is 6.20. The van der Waals surface area contributed by atoms with Crippen LogP contribution in [-0.2, 0) is 14.2 Å². The van der Waals surface area contributed by atoms with Crippen LogP contribution in [0.3, 0.4) is 0 Å². The summed E-state index contributed by atoms with van der Waals surface area (Å²) in [5, 5.41) is 3.62. The Labute approximate surface area is 130 Å². The van der Waals surface area contributed by atoms with Gasteiger partial charge in [0, 0.05) is 38.3 Å². The van der Waals surface area contributed by atoms with Gasteiger partial charge in [-0.05, 0) is 19.8 Å². The number of nitrogens with zero attached hydrogens (tertiary/aromatic N) is 1. The fourth-order valence-corrected chi connectivity index (χ4v) is 2.98. The first-order valence-electron chi connectivity index (χ1n) is 8.31. The van der Waals surface area contributed by atoms with E-state index in [0.717, 1.165) is 26.2 Å². The monoisotopic (exact) mass is 302 g/mol. The summed E-state index contributed by atoms with van der Waals surface area (Å²) in [6, 6.07) is 0.564. The van der Waals surface area contributed by atoms with Crippen molar-refractivity contribution in [3.8, 4) is 0 Å². The van der Waals surface area contributed by atoms with E-state index in [9.17, 15) is 0 Å². The van der Waals surface area contributed by atoms with Crippen molar-refractivity contribution < 1.29 is 14.2 Å². The van der Waals surface area contributed by atoms with Crippen molar-refractivity contribution in [2.75, 3.05) is 59.8 Å². The molecule has 0 aromatic rings. The fraction of sp³-hybridized carbons (Fsp3) is 1.00. The van der Waals surface area contributed by atoms with Crippen molar-refractivity contribution >= 4 is 0 Å². The van der Waals surface area contributed by atoms with E-state index in [2.05, 4.69) is 31.0 Å². The second-order valence-corrected chi connectivity index (χ2v) is 5.88. The average molecular weight is 302 g/mol. The zero-order valence-corrected chi connectivity index (χ0v) is 14.3. The minimum absolute atomic E-state index is 0.296. The molecule has 0 bridgehead atoms. The number of nitrogens with one attached hydrogen (secondary N) is 1. The fourth-order valence-electron chi connectivity index (χ4n) is 2.98. The highest BCUT2D eigenvalue weighted by atomic mass is 16.5. The van der Waals surface area contributed by atoms with Crippen LogP contribution in [0, 0.1) is 0 Å². The van der Waals surface area contributed by atoms with Crippen molar-refractivity contribution in [2.24, 2.45) is 0 Å². The van der Waals surface area contributed by atoms with Crippen LogP contribution < -0.4 is 5.32 Å². The predicted octanol–water partition coefficient (Wildman–Crippen LogP) is 1.52. The average Bonchev–Trinajstić information content (AvgIpc) is 2.51. The van der Waals surface area contributed by atoms with Crippen LogP contribution in [0.4, 0.5) is 0 Å². The molecule has 1 aliphatic heterocycles. The van der Waals surface area contributed by atoms with Crippen LogP contribution in [0.5, 0.6) is 0 Å². The van der Waals surface area contributed by atoms with Gasteiger partial charge in [-0.15, -0.1) is 0 Å². The molecule has 5 nitrogen and oxygen atoms in total. The number of ether oxygens (including phenoxy) is 3. The highest BCUT2D eigenvalue weighted by molar-refractivity contribution is 4.96. The molecule has 1 fully saturated rings. The number of methoxy groups -OCH3 is 1. The van der Waals surface area contributed by atoms with Crippen LogP contribution >= 0.6 is 0 Å². The summed E-state index contributed by atoms with van der Waals surface area (Å²) in [5.74, 6) is 0. The van der Waals surface area contributed by atoms with Gasteiger partial charge in [0.1, 0.15) is 0 Å². The third-order valence-electron chi connectivity index (χ3n) is 4.57. The Hall–Kier alpha value is -0.200. The van der Waals surface area contributed by atoms with E-state index in [1.54, 1.807) is 7.11 Å². The van der Waals surface area contributed by atoms with Crippen molar-refractivity contribution in [3.05, 3.63) is 0 Å². The molecule has 0 saturated carbocycles. The van der Waals surface area contributed by atoms with Crippen LogP contribution in [0.2, 0.25) is 0 Å². The zero-order chi connectivity index (χ0) is 15.6. The lowest BCUT2D eigenvalue weighted by atomic mass is 9.87. The van der Waals surface area contributed by atoms with Gasteiger partial charge < -0.3 is 19.5 Å². The Morgan fingerprint density at radius 2 is 1.67 bits per heavy atom. The molecule has 1 unspecified atom stereocenters. The molecule has 0 aliphatic carbocycles. The summed E-state index contributed by atoms with van der Waals surface area (Å²) in [7, 11) is 1.68. The molecule has 0 aromatic heterocycles. The minimum Gasteiger partial charge on any atom is -0.382 e. The Balaban J connectivity index is 2.21. The van der Waals surface area contributed by atoms with Crippen molar-refractivity contribution in [1.29, 1.82) is 0 Å². The van der Waals surface area contributed by atoms with Crippen LogP contribution in [0.15, 0.2) is 0 Å². The van der Waals surface area contributed by atoms with Crippen molar-refractivity contribution in [1.82, 2.24) is 10.2 Å². The molecule has 1 heterocycles. The highest BCUT2D eigenvalue weighted by Crippen LogP contribution is 2.26. The Morgan fingerprint density at radius 1 is 1.05 bits per heavy atom. The Kier molecular flexibility index (Phi) is 9.44. The van der Waals surface area contributed by atoms with Crippen molar-refractivity contribution in [2.45, 2.75) is 45.2 Å². The third-order valence-corrected chi connectivity index (χ3v) is 4.57. The smallest absolute Gasteiger partial charge is 0.0701 e. The molecule has 0 amide bonds. The predicted molar refractivity (Wildman–Crippen MR) is 85.9 cm³/mol. The number of piperazine rings is 1. The molecule has 0 aromatic carbocycles. The number of rotatable bonds is 11. The lowest BCUT2D eigenvalue weighted by Gasteiger charge is -2.49. The molecular formula is C16H34N2O3. The van der Waals surface area contributed by atoms with E-state index in [1.165, 1.54) is 12.8 Å². The van der Waals surface area contributed by atoms with Crippen LogP contribution in [-0.4, -0.2) is 76.3 Å². The van der Waals surface area contributed by atoms with Gasteiger partial charge in [-0.25, -0.2) is 0 Å². The van der Waals surface area contributed by atoms with Gasteiger partial charge in [-0.2, -0.15) is 0 Å². The second kappa shape index (κ2) is 10.5. The van der Waals surface area contributed by atoms with Gasteiger partial charge in [0.2, 0.25) is 0 Å². The summed E-state index contributed by atoms with van der Waals surface area (Å²) in [5.41, 5.74) is 0.296. The maximum Gasteiger partial charge on any atom is 0.0701 e. The zero-order valence-electron chi connectivity index (χ0n) is 14.3. The highest BCUT2D eigenvalue weighted by Gasteiger charge is 2.37. The van der Waals surface area contributed by atoms with Gasteiger partial charge in [0.25, 0.3) is 0 Å². The summed E-state index contributed by atoms with van der Waals surface area (Å²) >= 11 is 0. The van der Waals surface area contributed by atoms with E-state index in [-0.39, 0.29) is 0 Å². The van der Waals surface area contributed by atoms with Crippen molar-refractivity contribution in [3.63, 3.8) is 0 Å². The molecule has 0 radical (unpaired) electrons. The topological polar surface area (TPSA) is 43.0 Å². The standard InChI is InChI=1S/C16H34N2O3/c1-5-16(6-2)14-17-15(3)13-18(16)7-8-20-11-12-21-10-9-19-4/h15,17H,5-14H2,1-4H3. The van der Waals surface area contributed by atoms with Gasteiger partial charge >= 0.3 is 0 Å². The van der Waals surface area contributed by atoms with E-state index < -0.39 is 0 Å². The Morgan fingerprint density at radius 3 is 2.29 bits per heavy atom. The summed E-state index contributed by atoms with van der Waals surface area (Å²) in [6.07, 6.45) is 2.37. The molecule has 5 heteroatoms. The number of hydrogen-bond acceptors (Lipinski definition) is 5. The lowest BCUT2D eigenvalue weighted by molar-refractivity contribution is -0.0101. The van der Waals surface area contributed by atoms with E-state index in [4.69, 9.17) is 14.2 Å². The first-order valence-corrected chi connectivity index (χ1v) is 8.31. The molecule has 1 atom stereocenters. The summed E-state index contributed by atoms with van der Waals surface area (Å²) in [4.78, 5) is 2.61. The molecule has 0 spiro atoms. The molecule has 1 rings (SSSR count). The molecule has 126 valence electrons. The maximum absolute atomic E-state index is 5.71. The van der Waals surface area contributed by atoms with E-state index >= 15 is 0 Å². The first-order chi connectivity index (χ1) is 10.2. The molecular weight excluding hydrogens is 268 g/mol. The minimum atomic E-state index is 0.296. The van der Waals surface area contributed by atoms with E-state index in [0.29, 0.717) is 38.0 Å². The van der Waals surface area contributed by atoms with Gasteiger partial charge in [0.15, 0.2) is 0 Å². The quantitative estimate of drug-likeness (QED) is 0.586. The second-order valence-electron chi connectivity index (χ2n) is 5.88. The van der Waals surface area contributed by atoms with Gasteiger partial charge in [0.05, 0.1) is 33.0 Å². The Bertz CT molecular complexity index is 260. The molecule has 21 heavy (non-hydrogen) atoms. The first kappa shape index (κ1) is 18.8. The normalized spacial score (nSPS) is 22.6. The summed E-state index contributed by atoms with van der Waals surface area (Å²) < 4.78 is 16.0. The summed E-state index contributed by atoms with van der Waals surface area (Å²) in [6.45, 7) is 13.4. The van der Waals surface area contributed by atoms with Gasteiger partial charge in [-0.3, -0.25) is 4.90 Å². The van der Waals surface area contributed by atoms with Gasteiger partial charge in [-0.1, -0.05) is 13.8 Å². The van der Waals surface area contributed by atoms with Crippen LogP contribution in [0.1, 0.15) is 33.6 Å². The molecule has 1 N–H and O–H groups in total. The van der Waals surface area contributed by atoms with E-state index in [1.807, 2.05) is 0 Å². The lowest BCUT2D eigenvalue weighted by Crippen LogP contribution is -2.64. The van der Waals surface area contributed by atoms with Crippen LogP contribution in [0.25, 0.3) is 0 Å². The molecule has 1 aliphatic rings.